The van der Waals surface area contributed by atoms with Gasteiger partial charge in [0.2, 0.25) is 5.91 Å². The van der Waals surface area contributed by atoms with Gasteiger partial charge in [0.1, 0.15) is 18.5 Å². The number of aromatic nitrogens is 1. The molecule has 0 radical (unpaired) electrons. The van der Waals surface area contributed by atoms with Crippen LogP contribution >= 0.6 is 11.5 Å². The summed E-state index contributed by atoms with van der Waals surface area (Å²) in [5.74, 6) is 0.531. The number of nitrogens with zero attached hydrogens (tertiary/aromatic N) is 1. The van der Waals surface area contributed by atoms with Crippen molar-refractivity contribution in [3.63, 3.8) is 0 Å². The highest BCUT2D eigenvalue weighted by molar-refractivity contribution is 7.13. The molecule has 34 heavy (non-hydrogen) atoms. The highest BCUT2D eigenvalue weighted by Crippen LogP contribution is 2.25. The first-order chi connectivity index (χ1) is 16.7. The molecule has 2 amide bonds. The van der Waals surface area contributed by atoms with Crippen molar-refractivity contribution in [1.29, 1.82) is 0 Å². The van der Waals surface area contributed by atoms with Crippen LogP contribution in [0.5, 0.6) is 0 Å². The average Bonchev–Trinajstić information content (AvgIpc) is 3.29. The molecule has 0 fully saturated rings. The minimum atomic E-state index is -0.759. The summed E-state index contributed by atoms with van der Waals surface area (Å²) in [6, 6.07) is 26.2. The standard InChI is InChI=1S/C26H26N4O3S/c31-25(28-16-15-27-24-21-13-7-8-14-23(21)34-30-24)22(17-19-9-3-1-4-10-19)29-26(32)33-18-20-11-5-2-6-12-20/h1-14,22H,15-18H2,(H,27,30)(H,28,31)(H,29,32)/t22-/m1/s1. The lowest BCUT2D eigenvalue weighted by molar-refractivity contribution is -0.123. The number of nitrogens with one attached hydrogen (secondary N) is 3. The van der Waals surface area contributed by atoms with Crippen molar-refractivity contribution in [3.05, 3.63) is 96.1 Å². The second-order valence-electron chi connectivity index (χ2n) is 7.69. The number of benzene rings is 3. The summed E-state index contributed by atoms with van der Waals surface area (Å²) < 4.78 is 10.9. The molecule has 0 aliphatic rings. The molecule has 3 N–H and O–H groups in total. The van der Waals surface area contributed by atoms with E-state index in [1.807, 2.05) is 84.9 Å². The van der Waals surface area contributed by atoms with Crippen molar-refractivity contribution < 1.29 is 14.3 Å². The summed E-state index contributed by atoms with van der Waals surface area (Å²) in [6.07, 6.45) is -0.274. The molecule has 0 spiro atoms. The van der Waals surface area contributed by atoms with Crippen molar-refractivity contribution in [1.82, 2.24) is 15.0 Å². The number of carbonyl (C=O) groups is 2. The van der Waals surface area contributed by atoms with Crippen molar-refractivity contribution in [2.75, 3.05) is 18.4 Å². The van der Waals surface area contributed by atoms with E-state index < -0.39 is 12.1 Å². The molecule has 0 aliphatic carbocycles. The van der Waals surface area contributed by atoms with Gasteiger partial charge in [-0.15, -0.1) is 0 Å². The van der Waals surface area contributed by atoms with Crippen molar-refractivity contribution in [3.8, 4) is 0 Å². The molecule has 3 aromatic carbocycles. The Morgan fingerprint density at radius 1 is 0.853 bits per heavy atom. The zero-order valence-electron chi connectivity index (χ0n) is 18.6. The number of anilines is 1. The maximum absolute atomic E-state index is 12.9. The van der Waals surface area contributed by atoms with Crippen LogP contribution in [0.15, 0.2) is 84.9 Å². The number of fused-ring (bicyclic) bond motifs is 1. The molecule has 1 aromatic heterocycles. The van der Waals surface area contributed by atoms with E-state index >= 15 is 0 Å². The van der Waals surface area contributed by atoms with Crippen LogP contribution in [-0.2, 0) is 22.6 Å². The lowest BCUT2D eigenvalue weighted by Gasteiger charge is -2.19. The van der Waals surface area contributed by atoms with Gasteiger partial charge in [-0.1, -0.05) is 72.8 Å². The van der Waals surface area contributed by atoms with Crippen LogP contribution in [0.3, 0.4) is 0 Å². The molecule has 7 nitrogen and oxygen atoms in total. The molecule has 0 bridgehead atoms. The number of carbonyl (C=O) groups excluding carboxylic acids is 2. The van der Waals surface area contributed by atoms with Gasteiger partial charge in [0.15, 0.2) is 0 Å². The predicted octanol–water partition coefficient (Wildman–Crippen LogP) is 4.36. The fraction of sp³-hybridized carbons (Fsp3) is 0.192. The number of ether oxygens (including phenoxy) is 1. The lowest BCUT2D eigenvalue weighted by Crippen LogP contribution is -2.49. The number of amides is 2. The summed E-state index contributed by atoms with van der Waals surface area (Å²) in [4.78, 5) is 25.3. The van der Waals surface area contributed by atoms with E-state index in [-0.39, 0.29) is 12.5 Å². The molecule has 0 saturated heterocycles. The molecule has 8 heteroatoms. The monoisotopic (exact) mass is 474 g/mol. The average molecular weight is 475 g/mol. The predicted molar refractivity (Wildman–Crippen MR) is 135 cm³/mol. The van der Waals surface area contributed by atoms with Crippen LogP contribution in [0.4, 0.5) is 10.6 Å². The first-order valence-electron chi connectivity index (χ1n) is 11.1. The van der Waals surface area contributed by atoms with Crippen molar-refractivity contribution in [2.24, 2.45) is 0 Å². The Labute approximate surface area is 202 Å². The zero-order valence-corrected chi connectivity index (χ0v) is 19.4. The minimum Gasteiger partial charge on any atom is -0.445 e. The summed E-state index contributed by atoms with van der Waals surface area (Å²) in [7, 11) is 0. The Bertz CT molecular complexity index is 1210. The van der Waals surface area contributed by atoms with Crippen LogP contribution in [0.25, 0.3) is 10.1 Å². The Hall–Kier alpha value is -3.91. The molecule has 0 aliphatic heterocycles. The van der Waals surface area contributed by atoms with Crippen LogP contribution in [-0.4, -0.2) is 35.5 Å². The smallest absolute Gasteiger partial charge is 0.408 e. The molecule has 0 unspecified atom stereocenters. The second kappa shape index (κ2) is 11.8. The minimum absolute atomic E-state index is 0.137. The maximum Gasteiger partial charge on any atom is 0.408 e. The van der Waals surface area contributed by atoms with Gasteiger partial charge in [-0.2, -0.15) is 4.37 Å². The Morgan fingerprint density at radius 3 is 2.29 bits per heavy atom. The van der Waals surface area contributed by atoms with Crippen molar-refractivity contribution in [2.45, 2.75) is 19.1 Å². The van der Waals surface area contributed by atoms with Gasteiger partial charge < -0.3 is 20.7 Å². The lowest BCUT2D eigenvalue weighted by atomic mass is 10.1. The third kappa shape index (κ3) is 6.55. The van der Waals surface area contributed by atoms with Crippen LogP contribution in [0.1, 0.15) is 11.1 Å². The quantitative estimate of drug-likeness (QED) is 0.297. The maximum atomic E-state index is 12.9. The third-order valence-corrected chi connectivity index (χ3v) is 6.02. The van der Waals surface area contributed by atoms with Crippen LogP contribution < -0.4 is 16.0 Å². The first-order valence-corrected chi connectivity index (χ1v) is 11.8. The normalized spacial score (nSPS) is 11.5. The van der Waals surface area contributed by atoms with Gasteiger partial charge in [0.05, 0.1) is 4.70 Å². The number of rotatable bonds is 10. The summed E-state index contributed by atoms with van der Waals surface area (Å²) in [5.41, 5.74) is 1.82. The van der Waals surface area contributed by atoms with E-state index in [2.05, 4.69) is 20.3 Å². The van der Waals surface area contributed by atoms with Gasteiger partial charge >= 0.3 is 6.09 Å². The molecule has 174 valence electrons. The van der Waals surface area contributed by atoms with Gasteiger partial charge in [0, 0.05) is 24.9 Å². The topological polar surface area (TPSA) is 92.4 Å². The molecule has 0 saturated carbocycles. The molecular weight excluding hydrogens is 448 g/mol. The van der Waals surface area contributed by atoms with Crippen molar-refractivity contribution >= 4 is 39.4 Å². The first kappa shape index (κ1) is 23.3. The molecule has 4 rings (SSSR count). The van der Waals surface area contributed by atoms with E-state index in [0.29, 0.717) is 19.5 Å². The Kier molecular flexibility index (Phi) is 8.08. The summed E-state index contributed by atoms with van der Waals surface area (Å²) >= 11 is 1.43. The van der Waals surface area contributed by atoms with Gasteiger partial charge in [-0.25, -0.2) is 4.79 Å². The van der Waals surface area contributed by atoms with E-state index in [1.54, 1.807) is 0 Å². The van der Waals surface area contributed by atoms with Crippen LogP contribution in [0, 0.1) is 0 Å². The molecule has 1 heterocycles. The summed E-state index contributed by atoms with van der Waals surface area (Å²) in [6.45, 7) is 1.03. The zero-order chi connectivity index (χ0) is 23.6. The number of alkyl carbamates (subject to hydrolysis) is 1. The number of hydrogen-bond donors (Lipinski definition) is 3. The van der Waals surface area contributed by atoms with E-state index in [4.69, 9.17) is 4.74 Å². The highest BCUT2D eigenvalue weighted by Gasteiger charge is 2.22. The van der Waals surface area contributed by atoms with E-state index in [9.17, 15) is 9.59 Å². The van der Waals surface area contributed by atoms with Gasteiger partial charge in [-0.05, 0) is 34.8 Å². The SMILES string of the molecule is O=C(N[C@H](Cc1ccccc1)C(=O)NCCNc1nsc2ccccc12)OCc1ccccc1. The van der Waals surface area contributed by atoms with Gasteiger partial charge in [0.25, 0.3) is 0 Å². The number of hydrogen-bond acceptors (Lipinski definition) is 6. The molecular formula is C26H26N4O3S. The fourth-order valence-electron chi connectivity index (χ4n) is 3.47. The van der Waals surface area contributed by atoms with E-state index in [1.165, 1.54) is 11.5 Å². The molecule has 1 atom stereocenters. The largest absolute Gasteiger partial charge is 0.445 e. The summed E-state index contributed by atoms with van der Waals surface area (Å²) in [5, 5.41) is 9.93. The highest BCUT2D eigenvalue weighted by atomic mass is 32.1. The fourth-order valence-corrected chi connectivity index (χ4v) is 4.22. The van der Waals surface area contributed by atoms with Gasteiger partial charge in [-0.3, -0.25) is 4.79 Å². The molecule has 4 aromatic rings. The van der Waals surface area contributed by atoms with Crippen LogP contribution in [0.2, 0.25) is 0 Å². The Balaban J connectivity index is 1.30. The van der Waals surface area contributed by atoms with E-state index in [0.717, 1.165) is 27.0 Å². The third-order valence-electron chi connectivity index (χ3n) is 5.20. The Morgan fingerprint density at radius 2 is 1.53 bits per heavy atom. The second-order valence-corrected chi connectivity index (χ2v) is 8.50.